The van der Waals surface area contributed by atoms with Crippen LogP contribution in [0.25, 0.3) is 0 Å². The molecule has 0 aromatic rings. The number of hydrogen-bond acceptors (Lipinski definition) is 4. The predicted molar refractivity (Wildman–Crippen MR) is 84.5 cm³/mol. The van der Waals surface area contributed by atoms with E-state index < -0.39 is 12.2 Å². The Bertz CT molecular complexity index is 620. The van der Waals surface area contributed by atoms with Crippen LogP contribution in [0.2, 0.25) is 0 Å². The SMILES string of the molecule is C=CC(=O)N1C[C@H](NC2=C3C=CN=C3CC=N2)[C@@H](F)C[C@@H]1C. The lowest BCUT2D eigenvalue weighted by molar-refractivity contribution is -0.130. The fourth-order valence-electron chi connectivity index (χ4n) is 3.01. The molecule has 0 aromatic heterocycles. The third-order valence-electron chi connectivity index (χ3n) is 4.25. The summed E-state index contributed by atoms with van der Waals surface area (Å²) in [5.41, 5.74) is 1.85. The quantitative estimate of drug-likeness (QED) is 0.807. The molecule has 1 fully saturated rings. The minimum Gasteiger partial charge on any atom is -0.362 e. The van der Waals surface area contributed by atoms with Gasteiger partial charge in [0.25, 0.3) is 0 Å². The van der Waals surface area contributed by atoms with Crippen LogP contribution < -0.4 is 5.32 Å². The molecular formula is C16H19FN4O. The minimum atomic E-state index is -1.03. The Kier molecular flexibility index (Phi) is 3.92. The van der Waals surface area contributed by atoms with Gasteiger partial charge in [-0.15, -0.1) is 0 Å². The van der Waals surface area contributed by atoms with E-state index in [9.17, 15) is 9.18 Å². The molecule has 1 saturated heterocycles. The van der Waals surface area contributed by atoms with E-state index in [0.29, 0.717) is 25.2 Å². The molecule has 0 unspecified atom stereocenters. The van der Waals surface area contributed by atoms with Gasteiger partial charge < -0.3 is 10.2 Å². The highest BCUT2D eigenvalue weighted by atomic mass is 19.1. The Morgan fingerprint density at radius 1 is 1.59 bits per heavy atom. The van der Waals surface area contributed by atoms with Gasteiger partial charge in [0.05, 0.1) is 11.8 Å². The molecule has 3 rings (SSSR count). The number of likely N-dealkylation sites (tertiary alicyclic amines) is 1. The second-order valence-electron chi connectivity index (χ2n) is 5.72. The van der Waals surface area contributed by atoms with Crippen LogP contribution in [0.15, 0.2) is 46.3 Å². The van der Waals surface area contributed by atoms with E-state index in [4.69, 9.17) is 0 Å². The number of carbonyl (C=O) groups is 1. The highest BCUT2D eigenvalue weighted by Crippen LogP contribution is 2.24. The lowest BCUT2D eigenvalue weighted by Gasteiger charge is -2.40. The fraction of sp³-hybridized carbons (Fsp3) is 0.438. The number of rotatable bonds is 3. The van der Waals surface area contributed by atoms with E-state index in [1.165, 1.54) is 6.08 Å². The third kappa shape index (κ3) is 2.61. The van der Waals surface area contributed by atoms with Gasteiger partial charge in [-0.2, -0.15) is 0 Å². The Labute approximate surface area is 129 Å². The largest absolute Gasteiger partial charge is 0.362 e. The summed E-state index contributed by atoms with van der Waals surface area (Å²) >= 11 is 0. The van der Waals surface area contributed by atoms with Crippen molar-refractivity contribution in [2.45, 2.75) is 38.0 Å². The zero-order valence-electron chi connectivity index (χ0n) is 12.5. The predicted octanol–water partition coefficient (Wildman–Crippen LogP) is 1.74. The summed E-state index contributed by atoms with van der Waals surface area (Å²) in [5.74, 6) is 0.464. The summed E-state index contributed by atoms with van der Waals surface area (Å²) in [6, 6.07) is -0.609. The molecule has 0 aliphatic carbocycles. The first-order chi connectivity index (χ1) is 10.6. The van der Waals surface area contributed by atoms with E-state index in [0.717, 1.165) is 11.3 Å². The van der Waals surface area contributed by atoms with Crippen molar-refractivity contribution < 1.29 is 9.18 Å². The molecule has 1 amide bonds. The number of nitrogens with zero attached hydrogens (tertiary/aromatic N) is 3. The number of piperidine rings is 1. The zero-order valence-corrected chi connectivity index (χ0v) is 12.5. The Morgan fingerprint density at radius 2 is 2.41 bits per heavy atom. The van der Waals surface area contributed by atoms with Crippen molar-refractivity contribution in [3.8, 4) is 0 Å². The molecule has 0 spiro atoms. The first-order valence-electron chi connectivity index (χ1n) is 7.44. The van der Waals surface area contributed by atoms with Gasteiger partial charge in [-0.05, 0) is 19.1 Å². The van der Waals surface area contributed by atoms with Crippen molar-refractivity contribution >= 4 is 17.8 Å². The Morgan fingerprint density at radius 3 is 3.18 bits per heavy atom. The standard InChI is InChI=1S/C16H19FN4O/c1-3-15(22)21-9-14(12(17)8-10(21)2)20-16-11-4-6-18-13(11)5-7-19-16/h3-4,6-7,10,12,14,20H,1,5,8-9H2,2H3/t10-,12-,14-/m0/s1. The number of amides is 1. The smallest absolute Gasteiger partial charge is 0.246 e. The number of hydrogen-bond donors (Lipinski definition) is 1. The molecule has 0 aromatic carbocycles. The van der Waals surface area contributed by atoms with E-state index in [1.807, 2.05) is 13.0 Å². The van der Waals surface area contributed by atoms with Crippen LogP contribution in [-0.2, 0) is 4.79 Å². The molecule has 22 heavy (non-hydrogen) atoms. The van der Waals surface area contributed by atoms with Gasteiger partial charge in [0.1, 0.15) is 12.0 Å². The molecule has 1 N–H and O–H groups in total. The number of halogens is 1. The highest BCUT2D eigenvalue weighted by Gasteiger charge is 2.36. The molecular weight excluding hydrogens is 283 g/mol. The van der Waals surface area contributed by atoms with Gasteiger partial charge in [-0.1, -0.05) is 6.58 Å². The maximum atomic E-state index is 14.4. The van der Waals surface area contributed by atoms with Crippen molar-refractivity contribution in [3.63, 3.8) is 0 Å². The van der Waals surface area contributed by atoms with Crippen LogP contribution in [0.3, 0.4) is 0 Å². The summed E-state index contributed by atoms with van der Waals surface area (Å²) < 4.78 is 14.4. The summed E-state index contributed by atoms with van der Waals surface area (Å²) in [4.78, 5) is 22.1. The third-order valence-corrected chi connectivity index (χ3v) is 4.25. The van der Waals surface area contributed by atoms with Crippen molar-refractivity contribution in [1.82, 2.24) is 10.2 Å². The van der Waals surface area contributed by atoms with Gasteiger partial charge in [-0.25, -0.2) is 9.38 Å². The molecule has 3 atom stereocenters. The van der Waals surface area contributed by atoms with Gasteiger partial charge in [0, 0.05) is 43.4 Å². The zero-order chi connectivity index (χ0) is 15.7. The van der Waals surface area contributed by atoms with Crippen LogP contribution in [0.4, 0.5) is 4.39 Å². The molecule has 0 bridgehead atoms. The first kappa shape index (κ1) is 14.7. The van der Waals surface area contributed by atoms with Gasteiger partial charge in [-0.3, -0.25) is 9.79 Å². The fourth-order valence-corrected chi connectivity index (χ4v) is 3.01. The van der Waals surface area contributed by atoms with Crippen molar-refractivity contribution in [2.24, 2.45) is 9.98 Å². The van der Waals surface area contributed by atoms with E-state index in [2.05, 4.69) is 21.9 Å². The van der Waals surface area contributed by atoms with Crippen LogP contribution >= 0.6 is 0 Å². The molecule has 0 saturated carbocycles. The Balaban J connectivity index is 1.78. The first-order valence-corrected chi connectivity index (χ1v) is 7.44. The molecule has 5 nitrogen and oxygen atoms in total. The normalized spacial score (nSPS) is 30.2. The molecule has 0 radical (unpaired) electrons. The number of allylic oxidation sites excluding steroid dienone is 2. The summed E-state index contributed by atoms with van der Waals surface area (Å²) in [6.45, 7) is 5.67. The van der Waals surface area contributed by atoms with Gasteiger partial charge >= 0.3 is 0 Å². The molecule has 6 heteroatoms. The van der Waals surface area contributed by atoms with Crippen molar-refractivity contribution in [3.05, 3.63) is 36.3 Å². The van der Waals surface area contributed by atoms with E-state index in [-0.39, 0.29) is 11.9 Å². The second kappa shape index (κ2) is 5.87. The maximum absolute atomic E-state index is 14.4. The molecule has 3 heterocycles. The number of nitrogens with one attached hydrogen (secondary N) is 1. The highest BCUT2D eigenvalue weighted by molar-refractivity contribution is 6.12. The number of carbonyl (C=O) groups excluding carboxylic acids is 1. The number of fused-ring (bicyclic) bond motifs is 1. The molecule has 116 valence electrons. The maximum Gasteiger partial charge on any atom is 0.246 e. The van der Waals surface area contributed by atoms with Crippen LogP contribution in [0, 0.1) is 0 Å². The van der Waals surface area contributed by atoms with Gasteiger partial charge in [0.15, 0.2) is 0 Å². The topological polar surface area (TPSA) is 57.1 Å². The van der Waals surface area contributed by atoms with Crippen LogP contribution in [0.5, 0.6) is 0 Å². The average molecular weight is 302 g/mol. The van der Waals surface area contributed by atoms with E-state index >= 15 is 0 Å². The van der Waals surface area contributed by atoms with Crippen molar-refractivity contribution in [1.29, 1.82) is 0 Å². The van der Waals surface area contributed by atoms with Gasteiger partial charge in [0.2, 0.25) is 5.91 Å². The number of aliphatic imine (C=N–C) groups is 2. The van der Waals surface area contributed by atoms with Crippen LogP contribution in [-0.4, -0.2) is 47.5 Å². The van der Waals surface area contributed by atoms with Crippen molar-refractivity contribution in [2.75, 3.05) is 6.54 Å². The summed E-state index contributed by atoms with van der Waals surface area (Å²) in [6.07, 6.45) is 6.61. The summed E-state index contributed by atoms with van der Waals surface area (Å²) in [5, 5.41) is 3.15. The lowest BCUT2D eigenvalue weighted by atomic mass is 9.96. The monoisotopic (exact) mass is 302 g/mol. The average Bonchev–Trinajstić information content (AvgIpc) is 2.98. The summed E-state index contributed by atoms with van der Waals surface area (Å²) in [7, 11) is 0. The molecule has 3 aliphatic rings. The van der Waals surface area contributed by atoms with E-state index in [1.54, 1.807) is 17.3 Å². The number of alkyl halides is 1. The minimum absolute atomic E-state index is 0.130. The molecule has 3 aliphatic heterocycles. The second-order valence-corrected chi connectivity index (χ2v) is 5.72. The Hall–Kier alpha value is -2.24. The van der Waals surface area contributed by atoms with Crippen LogP contribution in [0.1, 0.15) is 19.8 Å². The lowest BCUT2D eigenvalue weighted by Crippen LogP contribution is -2.56.